The quantitative estimate of drug-likeness (QED) is 0.571. The number of aliphatic carboxylic acids is 1. The lowest BCUT2D eigenvalue weighted by Crippen LogP contribution is -2.37. The SMILES string of the molecule is O=C(O)CCCNC(=O)NCCc1ccc(OCc2ccccc2)cc1. The summed E-state index contributed by atoms with van der Waals surface area (Å²) in [5, 5.41) is 13.9. The third-order valence-corrected chi connectivity index (χ3v) is 3.72. The monoisotopic (exact) mass is 356 g/mol. The molecule has 0 aliphatic heterocycles. The maximum absolute atomic E-state index is 11.6. The van der Waals surface area contributed by atoms with Crippen molar-refractivity contribution in [3.05, 3.63) is 65.7 Å². The molecule has 2 aromatic carbocycles. The number of carboxylic acid groups (broad SMARTS) is 1. The zero-order chi connectivity index (χ0) is 18.6. The van der Waals surface area contributed by atoms with E-state index in [4.69, 9.17) is 9.84 Å². The lowest BCUT2D eigenvalue weighted by atomic mass is 10.1. The highest BCUT2D eigenvalue weighted by atomic mass is 16.5. The summed E-state index contributed by atoms with van der Waals surface area (Å²) in [6, 6.07) is 17.5. The van der Waals surface area contributed by atoms with Crippen LogP contribution in [0.25, 0.3) is 0 Å². The Bertz CT molecular complexity index is 687. The second-order valence-corrected chi connectivity index (χ2v) is 5.85. The first-order chi connectivity index (χ1) is 12.6. The van der Waals surface area contributed by atoms with Gasteiger partial charge < -0.3 is 20.5 Å². The molecule has 0 spiro atoms. The van der Waals surface area contributed by atoms with E-state index in [1.54, 1.807) is 0 Å². The average Bonchev–Trinajstić information content (AvgIpc) is 2.65. The highest BCUT2D eigenvalue weighted by molar-refractivity contribution is 5.73. The van der Waals surface area contributed by atoms with Gasteiger partial charge in [-0.1, -0.05) is 42.5 Å². The van der Waals surface area contributed by atoms with Crippen molar-refractivity contribution < 1.29 is 19.4 Å². The Balaban J connectivity index is 1.62. The van der Waals surface area contributed by atoms with E-state index in [1.807, 2.05) is 54.6 Å². The maximum Gasteiger partial charge on any atom is 0.314 e. The van der Waals surface area contributed by atoms with E-state index >= 15 is 0 Å². The summed E-state index contributed by atoms with van der Waals surface area (Å²) in [7, 11) is 0. The molecular formula is C20H24N2O4. The molecule has 2 amide bonds. The van der Waals surface area contributed by atoms with Crippen molar-refractivity contribution in [2.75, 3.05) is 13.1 Å². The molecule has 0 unspecified atom stereocenters. The third kappa shape index (κ3) is 7.70. The maximum atomic E-state index is 11.6. The van der Waals surface area contributed by atoms with Crippen molar-refractivity contribution in [3.8, 4) is 5.75 Å². The Morgan fingerprint density at radius 2 is 1.58 bits per heavy atom. The number of urea groups is 1. The second-order valence-electron chi connectivity index (χ2n) is 5.85. The van der Waals surface area contributed by atoms with Crippen LogP contribution in [0.1, 0.15) is 24.0 Å². The fourth-order valence-electron chi connectivity index (χ4n) is 2.32. The number of carboxylic acids is 1. The topological polar surface area (TPSA) is 87.7 Å². The molecule has 138 valence electrons. The van der Waals surface area contributed by atoms with Gasteiger partial charge in [0, 0.05) is 19.5 Å². The van der Waals surface area contributed by atoms with Gasteiger partial charge in [0.1, 0.15) is 12.4 Å². The minimum Gasteiger partial charge on any atom is -0.489 e. The number of rotatable bonds is 10. The summed E-state index contributed by atoms with van der Waals surface area (Å²) in [4.78, 5) is 21.9. The Labute approximate surface area is 153 Å². The van der Waals surface area contributed by atoms with Gasteiger partial charge in [-0.15, -0.1) is 0 Å². The zero-order valence-corrected chi connectivity index (χ0v) is 14.6. The zero-order valence-electron chi connectivity index (χ0n) is 14.6. The van der Waals surface area contributed by atoms with E-state index in [0.29, 0.717) is 32.5 Å². The van der Waals surface area contributed by atoms with Crippen molar-refractivity contribution in [1.82, 2.24) is 10.6 Å². The number of amides is 2. The lowest BCUT2D eigenvalue weighted by molar-refractivity contribution is -0.137. The fourth-order valence-corrected chi connectivity index (χ4v) is 2.32. The van der Waals surface area contributed by atoms with Gasteiger partial charge in [0.25, 0.3) is 0 Å². The van der Waals surface area contributed by atoms with E-state index in [0.717, 1.165) is 16.9 Å². The first-order valence-corrected chi connectivity index (χ1v) is 8.62. The second kappa shape index (κ2) is 10.8. The molecule has 2 aromatic rings. The van der Waals surface area contributed by atoms with Gasteiger partial charge in [-0.2, -0.15) is 0 Å². The molecule has 0 atom stereocenters. The van der Waals surface area contributed by atoms with Crippen LogP contribution in [-0.4, -0.2) is 30.2 Å². The predicted octanol–water partition coefficient (Wildman–Crippen LogP) is 2.97. The molecule has 2 rings (SSSR count). The van der Waals surface area contributed by atoms with Crippen molar-refractivity contribution >= 4 is 12.0 Å². The van der Waals surface area contributed by atoms with Crippen molar-refractivity contribution in [1.29, 1.82) is 0 Å². The molecule has 26 heavy (non-hydrogen) atoms. The third-order valence-electron chi connectivity index (χ3n) is 3.72. The summed E-state index contributed by atoms with van der Waals surface area (Å²) in [5.74, 6) is -0.0508. The van der Waals surface area contributed by atoms with Crippen LogP contribution in [0.5, 0.6) is 5.75 Å². The Morgan fingerprint density at radius 3 is 2.27 bits per heavy atom. The van der Waals surface area contributed by atoms with Gasteiger partial charge in [0.15, 0.2) is 0 Å². The van der Waals surface area contributed by atoms with Gasteiger partial charge >= 0.3 is 12.0 Å². The number of hydrogen-bond acceptors (Lipinski definition) is 3. The van der Waals surface area contributed by atoms with Crippen LogP contribution in [0.4, 0.5) is 4.79 Å². The molecule has 6 heteroatoms. The molecule has 6 nitrogen and oxygen atoms in total. The van der Waals surface area contributed by atoms with Crippen LogP contribution in [0, 0.1) is 0 Å². The first-order valence-electron chi connectivity index (χ1n) is 8.62. The summed E-state index contributed by atoms with van der Waals surface area (Å²) >= 11 is 0. The number of carbonyl (C=O) groups excluding carboxylic acids is 1. The van der Waals surface area contributed by atoms with E-state index in [9.17, 15) is 9.59 Å². The van der Waals surface area contributed by atoms with Crippen LogP contribution in [0.2, 0.25) is 0 Å². The minimum atomic E-state index is -0.858. The van der Waals surface area contributed by atoms with Crippen LogP contribution in [-0.2, 0) is 17.8 Å². The number of carbonyl (C=O) groups is 2. The van der Waals surface area contributed by atoms with Crippen LogP contribution < -0.4 is 15.4 Å². The molecule has 0 radical (unpaired) electrons. The Morgan fingerprint density at radius 1 is 0.885 bits per heavy atom. The molecule has 0 aromatic heterocycles. The summed E-state index contributed by atoms with van der Waals surface area (Å²) in [6.45, 7) is 1.39. The highest BCUT2D eigenvalue weighted by Gasteiger charge is 2.02. The van der Waals surface area contributed by atoms with Gasteiger partial charge in [0.05, 0.1) is 0 Å². The van der Waals surface area contributed by atoms with Crippen LogP contribution >= 0.6 is 0 Å². The Kier molecular flexibility index (Phi) is 7.99. The van der Waals surface area contributed by atoms with E-state index < -0.39 is 5.97 Å². The van der Waals surface area contributed by atoms with Gasteiger partial charge in [-0.05, 0) is 36.1 Å². The molecule has 0 heterocycles. The fraction of sp³-hybridized carbons (Fsp3) is 0.300. The standard InChI is InChI=1S/C20H24N2O4/c23-19(24)7-4-13-21-20(25)22-14-12-16-8-10-18(11-9-16)26-15-17-5-2-1-3-6-17/h1-3,5-6,8-11H,4,7,12-15H2,(H,23,24)(H2,21,22,25). The van der Waals surface area contributed by atoms with Gasteiger partial charge in [0.2, 0.25) is 0 Å². The van der Waals surface area contributed by atoms with Crippen molar-refractivity contribution in [3.63, 3.8) is 0 Å². The van der Waals surface area contributed by atoms with Crippen LogP contribution in [0.3, 0.4) is 0 Å². The predicted molar refractivity (Wildman–Crippen MR) is 99.2 cm³/mol. The van der Waals surface area contributed by atoms with Gasteiger partial charge in [-0.3, -0.25) is 4.79 Å². The number of ether oxygens (including phenoxy) is 1. The molecule has 3 N–H and O–H groups in total. The summed E-state index contributed by atoms with van der Waals surface area (Å²) < 4.78 is 5.74. The van der Waals surface area contributed by atoms with E-state index in [1.165, 1.54) is 0 Å². The van der Waals surface area contributed by atoms with Gasteiger partial charge in [-0.25, -0.2) is 4.79 Å². The van der Waals surface area contributed by atoms with E-state index in [-0.39, 0.29) is 12.5 Å². The molecule has 0 aliphatic rings. The molecule has 0 fully saturated rings. The normalized spacial score (nSPS) is 10.2. The largest absolute Gasteiger partial charge is 0.489 e. The van der Waals surface area contributed by atoms with Crippen LogP contribution in [0.15, 0.2) is 54.6 Å². The number of nitrogens with one attached hydrogen (secondary N) is 2. The molecular weight excluding hydrogens is 332 g/mol. The molecule has 0 saturated heterocycles. The van der Waals surface area contributed by atoms with E-state index in [2.05, 4.69) is 10.6 Å². The summed E-state index contributed by atoms with van der Waals surface area (Å²) in [5.41, 5.74) is 2.22. The summed E-state index contributed by atoms with van der Waals surface area (Å²) in [6.07, 6.45) is 1.19. The Hall–Kier alpha value is -3.02. The lowest BCUT2D eigenvalue weighted by Gasteiger charge is -2.09. The first kappa shape index (κ1) is 19.3. The molecule has 0 aliphatic carbocycles. The molecule has 0 bridgehead atoms. The van der Waals surface area contributed by atoms with Crippen molar-refractivity contribution in [2.45, 2.75) is 25.9 Å². The average molecular weight is 356 g/mol. The number of benzene rings is 2. The highest BCUT2D eigenvalue weighted by Crippen LogP contribution is 2.14. The number of hydrogen-bond donors (Lipinski definition) is 3. The van der Waals surface area contributed by atoms with Crippen molar-refractivity contribution in [2.24, 2.45) is 0 Å². The molecule has 0 saturated carbocycles. The smallest absolute Gasteiger partial charge is 0.314 e. The minimum absolute atomic E-state index is 0.0545.